The molecule has 1 aromatic carbocycles. The van der Waals surface area contributed by atoms with Crippen molar-refractivity contribution in [2.24, 2.45) is 0 Å². The fourth-order valence-corrected chi connectivity index (χ4v) is 3.95. The molecule has 0 radical (unpaired) electrons. The number of hydrogen-bond donors (Lipinski definition) is 0. The van der Waals surface area contributed by atoms with Gasteiger partial charge in [0.15, 0.2) is 17.7 Å². The number of aromatic nitrogens is 2. The van der Waals surface area contributed by atoms with E-state index < -0.39 is 11.9 Å². The minimum absolute atomic E-state index is 0.0968. The maximum atomic E-state index is 13.8. The van der Waals surface area contributed by atoms with Crippen molar-refractivity contribution in [1.29, 1.82) is 0 Å². The van der Waals surface area contributed by atoms with Gasteiger partial charge in [0.2, 0.25) is 5.95 Å². The Kier molecular flexibility index (Phi) is 6.01. The molecule has 0 spiro atoms. The van der Waals surface area contributed by atoms with Crippen molar-refractivity contribution < 1.29 is 13.9 Å². The maximum absolute atomic E-state index is 13.8. The number of carbonyl (C=O) groups excluding carboxylic acids is 1. The van der Waals surface area contributed by atoms with Gasteiger partial charge in [-0.1, -0.05) is 12.1 Å². The number of halogens is 1. The van der Waals surface area contributed by atoms with Crippen molar-refractivity contribution in [3.63, 3.8) is 0 Å². The number of carbonyl (C=O) groups is 1. The summed E-state index contributed by atoms with van der Waals surface area (Å²) in [5.41, 5.74) is 0.951. The molecule has 0 N–H and O–H groups in total. The van der Waals surface area contributed by atoms with Crippen LogP contribution in [0.4, 0.5) is 16.2 Å². The monoisotopic (exact) mass is 413 g/mol. The molecule has 0 bridgehead atoms. The first-order valence-electron chi connectivity index (χ1n) is 10.6. The second kappa shape index (κ2) is 8.85. The number of anilines is 2. The summed E-state index contributed by atoms with van der Waals surface area (Å²) in [6.45, 7) is 8.15. The van der Waals surface area contributed by atoms with E-state index in [9.17, 15) is 9.18 Å². The number of ether oxygens (including phenoxy) is 1. The average Bonchev–Trinajstić information content (AvgIpc) is 3.29. The summed E-state index contributed by atoms with van der Waals surface area (Å²) in [4.78, 5) is 28.4. The van der Waals surface area contributed by atoms with Crippen molar-refractivity contribution >= 4 is 17.7 Å². The van der Waals surface area contributed by atoms with E-state index >= 15 is 0 Å². The lowest BCUT2D eigenvalue weighted by Crippen LogP contribution is -2.52. The van der Waals surface area contributed by atoms with Crippen LogP contribution in [0.15, 0.2) is 30.3 Å². The smallest absolute Gasteiger partial charge is 0.263 e. The maximum Gasteiger partial charge on any atom is 0.263 e. The SMILES string of the molecule is Cc1cc(N2CCCC2)nc(N2CCN(C(=O)C(C)Oc3ccccc3F)CC2)n1. The standard InChI is InChI=1S/C22H28FN5O2/c1-16-15-20(26-9-5-6-10-26)25-22(24-16)28-13-11-27(12-14-28)21(29)17(2)30-19-8-4-3-7-18(19)23/h3-4,7-8,15,17H,5-6,9-14H2,1-2H3. The van der Waals surface area contributed by atoms with Crippen LogP contribution in [0.3, 0.4) is 0 Å². The Hall–Kier alpha value is -2.90. The third kappa shape index (κ3) is 4.47. The Labute approximate surface area is 176 Å². The van der Waals surface area contributed by atoms with Gasteiger partial charge in [0.1, 0.15) is 5.82 Å². The van der Waals surface area contributed by atoms with E-state index in [0.717, 1.165) is 30.5 Å². The van der Waals surface area contributed by atoms with Crippen LogP contribution in [0.2, 0.25) is 0 Å². The number of hydrogen-bond acceptors (Lipinski definition) is 6. The number of amides is 1. The highest BCUT2D eigenvalue weighted by molar-refractivity contribution is 5.81. The highest BCUT2D eigenvalue weighted by Crippen LogP contribution is 2.23. The Morgan fingerprint density at radius 1 is 1.03 bits per heavy atom. The Morgan fingerprint density at radius 2 is 1.73 bits per heavy atom. The number of benzene rings is 1. The van der Waals surface area contributed by atoms with Gasteiger partial charge < -0.3 is 19.4 Å². The molecule has 0 aliphatic carbocycles. The first-order valence-corrected chi connectivity index (χ1v) is 10.6. The number of rotatable bonds is 5. The molecule has 1 unspecified atom stereocenters. The minimum Gasteiger partial charge on any atom is -0.478 e. The van der Waals surface area contributed by atoms with Gasteiger partial charge in [-0.05, 0) is 38.8 Å². The van der Waals surface area contributed by atoms with E-state index in [0.29, 0.717) is 26.2 Å². The van der Waals surface area contributed by atoms with Crippen molar-refractivity contribution in [3.05, 3.63) is 41.8 Å². The van der Waals surface area contributed by atoms with Gasteiger partial charge in [0, 0.05) is 51.0 Å². The van der Waals surface area contributed by atoms with Gasteiger partial charge >= 0.3 is 0 Å². The molecular weight excluding hydrogens is 385 g/mol. The first-order chi connectivity index (χ1) is 14.5. The van der Waals surface area contributed by atoms with E-state index in [1.165, 1.54) is 25.0 Å². The zero-order chi connectivity index (χ0) is 21.1. The van der Waals surface area contributed by atoms with Crippen LogP contribution in [0.1, 0.15) is 25.5 Å². The van der Waals surface area contributed by atoms with Gasteiger partial charge in [-0.2, -0.15) is 4.98 Å². The molecule has 30 heavy (non-hydrogen) atoms. The number of nitrogens with zero attached hydrogens (tertiary/aromatic N) is 5. The second-order valence-electron chi connectivity index (χ2n) is 7.86. The van der Waals surface area contributed by atoms with Gasteiger partial charge in [-0.3, -0.25) is 4.79 Å². The molecular formula is C22H28FN5O2. The first kappa shape index (κ1) is 20.4. The van der Waals surface area contributed by atoms with E-state index in [4.69, 9.17) is 9.72 Å². The molecule has 1 atom stereocenters. The van der Waals surface area contributed by atoms with Crippen molar-refractivity contribution in [2.45, 2.75) is 32.8 Å². The Morgan fingerprint density at radius 3 is 2.43 bits per heavy atom. The summed E-state index contributed by atoms with van der Waals surface area (Å²) in [7, 11) is 0. The third-order valence-corrected chi connectivity index (χ3v) is 5.62. The lowest BCUT2D eigenvalue weighted by atomic mass is 10.2. The topological polar surface area (TPSA) is 61.8 Å². The molecule has 2 aromatic rings. The van der Waals surface area contributed by atoms with Gasteiger partial charge in [0.05, 0.1) is 0 Å². The van der Waals surface area contributed by atoms with Gasteiger partial charge in [-0.15, -0.1) is 0 Å². The second-order valence-corrected chi connectivity index (χ2v) is 7.86. The molecule has 160 valence electrons. The van der Waals surface area contributed by atoms with Crippen molar-refractivity contribution in [1.82, 2.24) is 14.9 Å². The minimum atomic E-state index is -0.745. The average molecular weight is 413 g/mol. The molecule has 1 aromatic heterocycles. The van der Waals surface area contributed by atoms with Crippen LogP contribution in [0, 0.1) is 12.7 Å². The predicted molar refractivity (Wildman–Crippen MR) is 113 cm³/mol. The molecule has 2 saturated heterocycles. The molecule has 2 aliphatic heterocycles. The largest absolute Gasteiger partial charge is 0.478 e. The molecule has 4 rings (SSSR count). The lowest BCUT2D eigenvalue weighted by molar-refractivity contribution is -0.138. The molecule has 0 saturated carbocycles. The Balaban J connectivity index is 1.36. The Bertz CT molecular complexity index is 895. The van der Waals surface area contributed by atoms with Crippen LogP contribution >= 0.6 is 0 Å². The van der Waals surface area contributed by atoms with Crippen molar-refractivity contribution in [2.75, 3.05) is 49.1 Å². The predicted octanol–water partition coefficient (Wildman–Crippen LogP) is 2.64. The molecule has 2 aliphatic rings. The summed E-state index contributed by atoms with van der Waals surface area (Å²) in [5.74, 6) is 1.20. The van der Waals surface area contributed by atoms with Crippen molar-refractivity contribution in [3.8, 4) is 5.75 Å². The zero-order valence-electron chi connectivity index (χ0n) is 17.6. The summed E-state index contributed by atoms with van der Waals surface area (Å²) in [6.07, 6.45) is 1.66. The summed E-state index contributed by atoms with van der Waals surface area (Å²) in [6, 6.07) is 8.17. The normalized spacial score (nSPS) is 17.9. The summed E-state index contributed by atoms with van der Waals surface area (Å²) >= 11 is 0. The molecule has 2 fully saturated rings. The number of aryl methyl sites for hydroxylation is 1. The molecule has 1 amide bonds. The fraction of sp³-hybridized carbons (Fsp3) is 0.500. The number of piperazine rings is 1. The third-order valence-electron chi connectivity index (χ3n) is 5.62. The summed E-state index contributed by atoms with van der Waals surface area (Å²) in [5, 5.41) is 0. The number of para-hydroxylation sites is 1. The van der Waals surface area contributed by atoms with Gasteiger partial charge in [-0.25, -0.2) is 9.37 Å². The van der Waals surface area contributed by atoms with Crippen LogP contribution in [0.25, 0.3) is 0 Å². The van der Waals surface area contributed by atoms with Crippen LogP contribution < -0.4 is 14.5 Å². The van der Waals surface area contributed by atoms with Crippen LogP contribution in [0.5, 0.6) is 5.75 Å². The lowest BCUT2D eigenvalue weighted by Gasteiger charge is -2.36. The highest BCUT2D eigenvalue weighted by Gasteiger charge is 2.28. The van der Waals surface area contributed by atoms with E-state index in [2.05, 4.69) is 14.8 Å². The molecule has 3 heterocycles. The van der Waals surface area contributed by atoms with E-state index in [1.807, 2.05) is 13.0 Å². The molecule has 7 nitrogen and oxygen atoms in total. The van der Waals surface area contributed by atoms with Gasteiger partial charge in [0.25, 0.3) is 5.91 Å². The van der Waals surface area contributed by atoms with E-state index in [-0.39, 0.29) is 11.7 Å². The van der Waals surface area contributed by atoms with E-state index in [1.54, 1.807) is 24.0 Å². The summed E-state index contributed by atoms with van der Waals surface area (Å²) < 4.78 is 19.3. The van der Waals surface area contributed by atoms with Crippen LogP contribution in [-0.4, -0.2) is 66.1 Å². The zero-order valence-corrected chi connectivity index (χ0v) is 17.6. The fourth-order valence-electron chi connectivity index (χ4n) is 3.95. The highest BCUT2D eigenvalue weighted by atomic mass is 19.1. The quantitative estimate of drug-likeness (QED) is 0.751. The molecule has 8 heteroatoms. The van der Waals surface area contributed by atoms with Crippen LogP contribution in [-0.2, 0) is 4.79 Å².